The van der Waals surface area contributed by atoms with E-state index in [0.717, 1.165) is 19.3 Å². The van der Waals surface area contributed by atoms with E-state index in [1.165, 1.54) is 0 Å². The molecular weight excluding hydrogens is 218 g/mol. The van der Waals surface area contributed by atoms with Crippen molar-refractivity contribution in [2.24, 2.45) is 17.6 Å². The number of rotatable bonds is 4. The molecule has 2 amide bonds. The lowest BCUT2D eigenvalue weighted by atomic mass is 9.79. The highest BCUT2D eigenvalue weighted by Crippen LogP contribution is 2.27. The summed E-state index contributed by atoms with van der Waals surface area (Å²) in [6.45, 7) is 4.61. The highest BCUT2D eigenvalue weighted by atomic mass is 16.2. The Morgan fingerprint density at radius 2 is 2.00 bits per heavy atom. The van der Waals surface area contributed by atoms with Gasteiger partial charge in [0.2, 0.25) is 11.8 Å². The van der Waals surface area contributed by atoms with E-state index in [1.54, 1.807) is 0 Å². The number of carbonyl (C=O) groups is 2. The van der Waals surface area contributed by atoms with Gasteiger partial charge in [-0.2, -0.15) is 0 Å². The maximum Gasteiger partial charge on any atom is 0.239 e. The maximum absolute atomic E-state index is 11.8. The first-order valence-corrected chi connectivity index (χ1v) is 6.34. The monoisotopic (exact) mass is 241 g/mol. The molecule has 0 saturated heterocycles. The molecule has 3 unspecified atom stereocenters. The van der Waals surface area contributed by atoms with Crippen molar-refractivity contribution in [3.05, 3.63) is 0 Å². The lowest BCUT2D eigenvalue weighted by Crippen LogP contribution is -2.44. The first-order chi connectivity index (χ1) is 8.04. The summed E-state index contributed by atoms with van der Waals surface area (Å²) in [6.07, 6.45) is 2.58. The highest BCUT2D eigenvalue weighted by molar-refractivity contribution is 5.85. The van der Waals surface area contributed by atoms with Crippen molar-refractivity contribution in [3.8, 4) is 0 Å². The Morgan fingerprint density at radius 1 is 1.29 bits per heavy atom. The van der Waals surface area contributed by atoms with Gasteiger partial charge < -0.3 is 16.4 Å². The van der Waals surface area contributed by atoms with Gasteiger partial charge in [0.05, 0.1) is 6.54 Å². The predicted octanol–water partition coefficient (Wildman–Crippen LogP) is 0.00220. The summed E-state index contributed by atoms with van der Waals surface area (Å²) < 4.78 is 0. The first kappa shape index (κ1) is 14.0. The van der Waals surface area contributed by atoms with Gasteiger partial charge in [-0.25, -0.2) is 0 Å². The van der Waals surface area contributed by atoms with Crippen LogP contribution in [0.15, 0.2) is 0 Å². The van der Waals surface area contributed by atoms with Gasteiger partial charge in [0.1, 0.15) is 0 Å². The fourth-order valence-corrected chi connectivity index (χ4v) is 2.17. The quantitative estimate of drug-likeness (QED) is 0.648. The summed E-state index contributed by atoms with van der Waals surface area (Å²) in [4.78, 5) is 23.0. The number of nitrogens with one attached hydrogen (secondary N) is 2. The van der Waals surface area contributed by atoms with Crippen LogP contribution in [0.25, 0.3) is 0 Å². The van der Waals surface area contributed by atoms with E-state index in [9.17, 15) is 9.59 Å². The SMILES string of the molecule is CCNC(=O)CNC(=O)C1CCC(C)C(N)C1. The lowest BCUT2D eigenvalue weighted by molar-refractivity contribution is -0.129. The molecule has 3 atom stereocenters. The molecular formula is C12H23N3O2. The van der Waals surface area contributed by atoms with Crippen molar-refractivity contribution >= 4 is 11.8 Å². The van der Waals surface area contributed by atoms with E-state index >= 15 is 0 Å². The molecule has 5 nitrogen and oxygen atoms in total. The van der Waals surface area contributed by atoms with Crippen LogP contribution in [0.3, 0.4) is 0 Å². The van der Waals surface area contributed by atoms with Crippen LogP contribution in [0.4, 0.5) is 0 Å². The van der Waals surface area contributed by atoms with Crippen LogP contribution >= 0.6 is 0 Å². The van der Waals surface area contributed by atoms with Gasteiger partial charge in [0, 0.05) is 18.5 Å². The Labute approximate surface area is 103 Å². The van der Waals surface area contributed by atoms with Crippen LogP contribution in [-0.2, 0) is 9.59 Å². The Balaban J connectivity index is 2.31. The van der Waals surface area contributed by atoms with Crippen LogP contribution in [0.1, 0.15) is 33.1 Å². The third-order valence-corrected chi connectivity index (χ3v) is 3.43. The number of nitrogens with two attached hydrogens (primary N) is 1. The van der Waals surface area contributed by atoms with Gasteiger partial charge in [-0.3, -0.25) is 9.59 Å². The zero-order chi connectivity index (χ0) is 12.8. The fraction of sp³-hybridized carbons (Fsp3) is 0.833. The highest BCUT2D eigenvalue weighted by Gasteiger charge is 2.29. The molecule has 1 saturated carbocycles. The van der Waals surface area contributed by atoms with E-state index in [2.05, 4.69) is 17.6 Å². The van der Waals surface area contributed by atoms with Gasteiger partial charge in [-0.15, -0.1) is 0 Å². The van der Waals surface area contributed by atoms with Crippen molar-refractivity contribution in [2.45, 2.75) is 39.2 Å². The van der Waals surface area contributed by atoms with Gasteiger partial charge >= 0.3 is 0 Å². The Morgan fingerprint density at radius 3 is 2.59 bits per heavy atom. The van der Waals surface area contributed by atoms with Crippen LogP contribution in [-0.4, -0.2) is 30.9 Å². The second kappa shape index (κ2) is 6.59. The number of hydrogen-bond donors (Lipinski definition) is 3. The molecule has 0 aromatic rings. The molecule has 1 aliphatic carbocycles. The molecule has 17 heavy (non-hydrogen) atoms. The van der Waals surface area contributed by atoms with Crippen LogP contribution < -0.4 is 16.4 Å². The molecule has 4 N–H and O–H groups in total. The number of amides is 2. The summed E-state index contributed by atoms with van der Waals surface area (Å²) in [7, 11) is 0. The minimum absolute atomic E-state index is 0.0318. The van der Waals surface area contributed by atoms with E-state index < -0.39 is 0 Å². The van der Waals surface area contributed by atoms with Gasteiger partial charge in [0.15, 0.2) is 0 Å². The second-order valence-electron chi connectivity index (χ2n) is 4.82. The van der Waals surface area contributed by atoms with Gasteiger partial charge in [-0.1, -0.05) is 6.92 Å². The topological polar surface area (TPSA) is 84.2 Å². The van der Waals surface area contributed by atoms with Crippen molar-refractivity contribution in [2.75, 3.05) is 13.1 Å². The van der Waals surface area contributed by atoms with E-state index in [-0.39, 0.29) is 30.3 Å². The molecule has 98 valence electrons. The minimum atomic E-state index is -0.144. The number of hydrogen-bond acceptors (Lipinski definition) is 3. The summed E-state index contributed by atoms with van der Waals surface area (Å²) in [5.74, 6) is 0.269. The summed E-state index contributed by atoms with van der Waals surface area (Å²) in [6, 6.07) is 0.101. The largest absolute Gasteiger partial charge is 0.355 e. The Kier molecular flexibility index (Phi) is 5.41. The zero-order valence-corrected chi connectivity index (χ0v) is 10.7. The summed E-state index contributed by atoms with van der Waals surface area (Å²) >= 11 is 0. The standard InChI is InChI=1S/C12H23N3O2/c1-3-14-11(16)7-15-12(17)9-5-4-8(2)10(13)6-9/h8-10H,3-7,13H2,1-2H3,(H,14,16)(H,15,17). The molecule has 0 spiro atoms. The molecule has 1 fully saturated rings. The number of likely N-dealkylation sites (N-methyl/N-ethyl adjacent to an activating group) is 1. The van der Waals surface area contributed by atoms with E-state index in [4.69, 9.17) is 5.73 Å². The molecule has 0 aliphatic heterocycles. The average Bonchev–Trinajstić information content (AvgIpc) is 2.30. The Hall–Kier alpha value is -1.10. The zero-order valence-electron chi connectivity index (χ0n) is 10.7. The van der Waals surface area contributed by atoms with Crippen LogP contribution in [0, 0.1) is 11.8 Å². The van der Waals surface area contributed by atoms with Gasteiger partial charge in [0.25, 0.3) is 0 Å². The second-order valence-corrected chi connectivity index (χ2v) is 4.82. The van der Waals surface area contributed by atoms with Crippen molar-refractivity contribution in [1.82, 2.24) is 10.6 Å². The van der Waals surface area contributed by atoms with E-state index in [1.807, 2.05) is 6.92 Å². The third-order valence-electron chi connectivity index (χ3n) is 3.43. The Bertz CT molecular complexity index is 281. The third kappa shape index (κ3) is 4.34. The molecule has 1 rings (SSSR count). The minimum Gasteiger partial charge on any atom is -0.355 e. The lowest BCUT2D eigenvalue weighted by Gasteiger charge is -2.30. The summed E-state index contributed by atoms with van der Waals surface area (Å²) in [5, 5.41) is 5.31. The molecule has 0 aromatic heterocycles. The number of carbonyl (C=O) groups excluding carboxylic acids is 2. The van der Waals surface area contributed by atoms with Crippen molar-refractivity contribution < 1.29 is 9.59 Å². The van der Waals surface area contributed by atoms with Crippen LogP contribution in [0.2, 0.25) is 0 Å². The molecule has 0 aromatic carbocycles. The molecule has 0 bridgehead atoms. The maximum atomic E-state index is 11.8. The molecule has 5 heteroatoms. The fourth-order valence-electron chi connectivity index (χ4n) is 2.17. The predicted molar refractivity (Wildman–Crippen MR) is 66.2 cm³/mol. The summed E-state index contributed by atoms with van der Waals surface area (Å²) in [5.41, 5.74) is 5.95. The molecule has 0 radical (unpaired) electrons. The van der Waals surface area contributed by atoms with Crippen molar-refractivity contribution in [3.63, 3.8) is 0 Å². The van der Waals surface area contributed by atoms with Crippen LogP contribution in [0.5, 0.6) is 0 Å². The smallest absolute Gasteiger partial charge is 0.239 e. The molecule has 0 heterocycles. The average molecular weight is 241 g/mol. The normalized spacial score (nSPS) is 28.5. The van der Waals surface area contributed by atoms with Crippen molar-refractivity contribution in [1.29, 1.82) is 0 Å². The molecule has 1 aliphatic rings. The van der Waals surface area contributed by atoms with Gasteiger partial charge in [-0.05, 0) is 32.1 Å². The van der Waals surface area contributed by atoms with E-state index in [0.29, 0.717) is 12.5 Å². The first-order valence-electron chi connectivity index (χ1n) is 6.34.